The lowest BCUT2D eigenvalue weighted by atomic mass is 9.91. The summed E-state index contributed by atoms with van der Waals surface area (Å²) in [7, 11) is 0. The molecule has 0 heterocycles. The number of unbranched alkanes of at least 4 members (excludes halogenated alkanes) is 1. The van der Waals surface area contributed by atoms with Crippen molar-refractivity contribution in [2.45, 2.75) is 44.9 Å². The maximum absolute atomic E-state index is 6.54. The molecule has 1 rings (SSSR count). The summed E-state index contributed by atoms with van der Waals surface area (Å²) in [6.45, 7) is 4.37. The van der Waals surface area contributed by atoms with E-state index in [0.717, 1.165) is 18.4 Å². The summed E-state index contributed by atoms with van der Waals surface area (Å²) >= 11 is 18.7. The van der Waals surface area contributed by atoms with Crippen LogP contribution in [-0.2, 0) is 0 Å². The lowest BCUT2D eigenvalue weighted by Crippen LogP contribution is -2.08. The Bertz CT molecular complexity index is 349. The SMILES string of the molecule is CCCCC(CC)C(Cl)c1cc(Cl)ccc1Cl. The second-order valence-electron chi connectivity index (χ2n) is 4.38. The average Bonchev–Trinajstić information content (AvgIpc) is 2.33. The fourth-order valence-corrected chi connectivity index (χ4v) is 2.96. The van der Waals surface area contributed by atoms with Crippen molar-refractivity contribution in [2.75, 3.05) is 0 Å². The monoisotopic (exact) mass is 292 g/mol. The van der Waals surface area contributed by atoms with Crippen molar-refractivity contribution in [3.63, 3.8) is 0 Å². The predicted octanol–water partition coefficient (Wildman–Crippen LogP) is 6.49. The second-order valence-corrected chi connectivity index (χ2v) is 5.69. The fraction of sp³-hybridized carbons (Fsp3) is 0.571. The minimum absolute atomic E-state index is 0.0438. The summed E-state index contributed by atoms with van der Waals surface area (Å²) in [5, 5.41) is 1.36. The molecule has 0 aliphatic carbocycles. The molecule has 0 saturated carbocycles. The molecule has 0 aromatic heterocycles. The Morgan fingerprint density at radius 3 is 2.47 bits per heavy atom. The van der Waals surface area contributed by atoms with Crippen molar-refractivity contribution >= 4 is 34.8 Å². The molecule has 96 valence electrons. The number of hydrogen-bond donors (Lipinski definition) is 0. The lowest BCUT2D eigenvalue weighted by Gasteiger charge is -2.22. The quantitative estimate of drug-likeness (QED) is 0.526. The molecule has 0 spiro atoms. The Morgan fingerprint density at radius 2 is 1.88 bits per heavy atom. The Hall–Kier alpha value is 0.0900. The summed E-state index contributed by atoms with van der Waals surface area (Å²) in [5.41, 5.74) is 0.962. The van der Waals surface area contributed by atoms with Gasteiger partial charge >= 0.3 is 0 Å². The van der Waals surface area contributed by atoms with Gasteiger partial charge in [0.05, 0.1) is 5.38 Å². The number of benzene rings is 1. The summed E-state index contributed by atoms with van der Waals surface area (Å²) in [5.74, 6) is 0.465. The Balaban J connectivity index is 2.85. The summed E-state index contributed by atoms with van der Waals surface area (Å²) in [6, 6.07) is 5.50. The lowest BCUT2D eigenvalue weighted by molar-refractivity contribution is 0.437. The fourth-order valence-electron chi connectivity index (χ4n) is 2.00. The first-order valence-electron chi connectivity index (χ1n) is 6.19. The minimum atomic E-state index is -0.0438. The first-order chi connectivity index (χ1) is 8.10. The van der Waals surface area contributed by atoms with E-state index in [0.29, 0.717) is 16.0 Å². The summed E-state index contributed by atoms with van der Waals surface area (Å²) < 4.78 is 0. The van der Waals surface area contributed by atoms with Gasteiger partial charge in [0, 0.05) is 10.0 Å². The van der Waals surface area contributed by atoms with Crippen LogP contribution in [0.15, 0.2) is 18.2 Å². The van der Waals surface area contributed by atoms with Gasteiger partial charge in [-0.15, -0.1) is 11.6 Å². The molecule has 17 heavy (non-hydrogen) atoms. The van der Waals surface area contributed by atoms with Crippen LogP contribution in [0.3, 0.4) is 0 Å². The molecule has 0 saturated heterocycles. The first kappa shape index (κ1) is 15.1. The van der Waals surface area contributed by atoms with Crippen LogP contribution < -0.4 is 0 Å². The third kappa shape index (κ3) is 4.35. The highest BCUT2D eigenvalue weighted by atomic mass is 35.5. The topological polar surface area (TPSA) is 0 Å². The molecule has 0 amide bonds. The van der Waals surface area contributed by atoms with Crippen LogP contribution >= 0.6 is 34.8 Å². The van der Waals surface area contributed by atoms with E-state index in [2.05, 4.69) is 13.8 Å². The van der Waals surface area contributed by atoms with Crippen molar-refractivity contribution < 1.29 is 0 Å². The van der Waals surface area contributed by atoms with Crippen LogP contribution in [-0.4, -0.2) is 0 Å². The van der Waals surface area contributed by atoms with Crippen molar-refractivity contribution in [2.24, 2.45) is 5.92 Å². The van der Waals surface area contributed by atoms with E-state index in [1.54, 1.807) is 6.07 Å². The van der Waals surface area contributed by atoms with Crippen molar-refractivity contribution in [3.8, 4) is 0 Å². The molecular weight excluding hydrogens is 275 g/mol. The van der Waals surface area contributed by atoms with Gasteiger partial charge in [0.1, 0.15) is 0 Å². The zero-order valence-electron chi connectivity index (χ0n) is 10.3. The molecule has 0 nitrogen and oxygen atoms in total. The molecule has 1 aromatic carbocycles. The van der Waals surface area contributed by atoms with E-state index in [1.165, 1.54) is 12.8 Å². The smallest absolute Gasteiger partial charge is 0.0628 e. The van der Waals surface area contributed by atoms with Gasteiger partial charge in [-0.1, -0.05) is 56.3 Å². The van der Waals surface area contributed by atoms with Gasteiger partial charge in [-0.05, 0) is 36.1 Å². The van der Waals surface area contributed by atoms with Gasteiger partial charge in [0.15, 0.2) is 0 Å². The maximum atomic E-state index is 6.54. The average molecular weight is 294 g/mol. The van der Waals surface area contributed by atoms with E-state index >= 15 is 0 Å². The predicted molar refractivity (Wildman–Crippen MR) is 78.4 cm³/mol. The van der Waals surface area contributed by atoms with E-state index in [4.69, 9.17) is 34.8 Å². The molecule has 0 N–H and O–H groups in total. The van der Waals surface area contributed by atoms with Crippen molar-refractivity contribution in [1.82, 2.24) is 0 Å². The van der Waals surface area contributed by atoms with Crippen LogP contribution in [0.4, 0.5) is 0 Å². The van der Waals surface area contributed by atoms with Crippen LogP contribution in [0.5, 0.6) is 0 Å². The van der Waals surface area contributed by atoms with Crippen LogP contribution in [0, 0.1) is 5.92 Å². The number of alkyl halides is 1. The molecular formula is C14H19Cl3. The van der Waals surface area contributed by atoms with Crippen molar-refractivity contribution in [1.29, 1.82) is 0 Å². The largest absolute Gasteiger partial charge is 0.117 e. The first-order valence-corrected chi connectivity index (χ1v) is 7.38. The van der Waals surface area contributed by atoms with Gasteiger partial charge in [-0.3, -0.25) is 0 Å². The van der Waals surface area contributed by atoms with E-state index in [1.807, 2.05) is 12.1 Å². The van der Waals surface area contributed by atoms with Crippen LogP contribution in [0.2, 0.25) is 10.0 Å². The van der Waals surface area contributed by atoms with Crippen LogP contribution in [0.1, 0.15) is 50.5 Å². The molecule has 2 unspecified atom stereocenters. The van der Waals surface area contributed by atoms with E-state index < -0.39 is 0 Å². The molecule has 3 heteroatoms. The number of rotatable bonds is 6. The molecule has 2 atom stereocenters. The molecule has 0 bridgehead atoms. The second kappa shape index (κ2) is 7.51. The third-order valence-electron chi connectivity index (χ3n) is 3.12. The number of halogens is 3. The highest BCUT2D eigenvalue weighted by Crippen LogP contribution is 2.38. The zero-order valence-corrected chi connectivity index (χ0v) is 12.6. The molecule has 0 fully saturated rings. The normalized spacial score (nSPS) is 14.6. The third-order valence-corrected chi connectivity index (χ3v) is 4.29. The van der Waals surface area contributed by atoms with Gasteiger partial charge in [0.25, 0.3) is 0 Å². The maximum Gasteiger partial charge on any atom is 0.0628 e. The minimum Gasteiger partial charge on any atom is -0.117 e. The summed E-state index contributed by atoms with van der Waals surface area (Å²) in [4.78, 5) is 0. The zero-order chi connectivity index (χ0) is 12.8. The van der Waals surface area contributed by atoms with Crippen molar-refractivity contribution in [3.05, 3.63) is 33.8 Å². The molecule has 0 aliphatic heterocycles. The van der Waals surface area contributed by atoms with Gasteiger partial charge in [-0.2, -0.15) is 0 Å². The Kier molecular flexibility index (Phi) is 6.69. The highest BCUT2D eigenvalue weighted by molar-refractivity contribution is 6.34. The van der Waals surface area contributed by atoms with Gasteiger partial charge < -0.3 is 0 Å². The van der Waals surface area contributed by atoms with Gasteiger partial charge in [-0.25, -0.2) is 0 Å². The van der Waals surface area contributed by atoms with Crippen LogP contribution in [0.25, 0.3) is 0 Å². The Morgan fingerprint density at radius 1 is 1.18 bits per heavy atom. The highest BCUT2D eigenvalue weighted by Gasteiger charge is 2.21. The molecule has 0 radical (unpaired) electrons. The summed E-state index contributed by atoms with van der Waals surface area (Å²) in [6.07, 6.45) is 4.62. The standard InChI is InChI=1S/C14H19Cl3/c1-3-5-6-10(4-2)14(17)12-9-11(15)7-8-13(12)16/h7-10,14H,3-6H2,1-2H3. The number of hydrogen-bond acceptors (Lipinski definition) is 0. The Labute approximate surface area is 119 Å². The van der Waals surface area contributed by atoms with E-state index in [-0.39, 0.29) is 5.38 Å². The molecule has 1 aromatic rings. The van der Waals surface area contributed by atoms with E-state index in [9.17, 15) is 0 Å². The molecule has 0 aliphatic rings. The van der Waals surface area contributed by atoms with Gasteiger partial charge in [0.2, 0.25) is 0 Å².